The van der Waals surface area contributed by atoms with Gasteiger partial charge in [0.15, 0.2) is 33.6 Å². The average molecular weight is 792 g/mol. The van der Waals surface area contributed by atoms with Crippen LogP contribution in [0.2, 0.25) is 0 Å². The third-order valence-corrected chi connectivity index (χ3v) is 18.6. The Morgan fingerprint density at radius 2 is 0.667 bits per heavy atom. The minimum atomic E-state index is -0.611. The molecule has 0 N–H and O–H groups in total. The summed E-state index contributed by atoms with van der Waals surface area (Å²) in [6.07, 6.45) is 22.7. The Morgan fingerprint density at radius 1 is 0.467 bits per heavy atom. The van der Waals surface area contributed by atoms with Crippen LogP contribution < -0.4 is 29.6 Å². The van der Waals surface area contributed by atoms with Crippen molar-refractivity contribution in [1.82, 2.24) is 0 Å². The number of benzene rings is 2. The van der Waals surface area contributed by atoms with Crippen LogP contribution in [0.5, 0.6) is 23.0 Å². The first-order valence-electron chi connectivity index (χ1n) is 17.1. The Labute approximate surface area is 292 Å². The van der Waals surface area contributed by atoms with E-state index in [0.29, 0.717) is 0 Å². The monoisotopic (exact) mass is 790 g/mol. The van der Waals surface area contributed by atoms with Crippen LogP contribution in [-0.4, -0.2) is 51.1 Å². The molecule has 0 atom stereocenters. The molecule has 0 saturated heterocycles. The quantitative estimate of drug-likeness (QED) is 0.177. The fourth-order valence-electron chi connectivity index (χ4n) is 8.70. The van der Waals surface area contributed by atoms with E-state index < -0.39 is 15.8 Å². The van der Waals surface area contributed by atoms with Gasteiger partial charge in [-0.3, -0.25) is 0 Å². The predicted octanol–water partition coefficient (Wildman–Crippen LogP) is 10.2. The molecule has 6 rings (SSSR count). The number of methoxy groups -OCH3 is 4. The van der Waals surface area contributed by atoms with Gasteiger partial charge in [0.25, 0.3) is 0 Å². The first-order valence-corrected chi connectivity index (χ1v) is 24.4. The van der Waals surface area contributed by atoms with Gasteiger partial charge in [-0.15, -0.1) is 0 Å². The summed E-state index contributed by atoms with van der Waals surface area (Å²) in [6.45, 7) is 0. The number of hydrogen-bond donors (Lipinski definition) is 0. The summed E-state index contributed by atoms with van der Waals surface area (Å²) in [7, 11) is 15.6. The molecule has 4 aliphatic rings. The van der Waals surface area contributed by atoms with Crippen molar-refractivity contribution in [2.45, 2.75) is 125 Å². The van der Waals surface area contributed by atoms with Gasteiger partial charge in [-0.1, -0.05) is 12.1 Å². The summed E-state index contributed by atoms with van der Waals surface area (Å²) in [6, 6.07) is 12.6. The summed E-state index contributed by atoms with van der Waals surface area (Å²) in [5.74, 6) is 4.29. The van der Waals surface area contributed by atoms with E-state index in [1.54, 1.807) is 28.4 Å². The maximum absolute atomic E-state index is 5.73. The molecule has 0 radical (unpaired) electrons. The number of rotatable bonds is 10. The van der Waals surface area contributed by atoms with Crippen molar-refractivity contribution in [1.29, 1.82) is 0 Å². The number of hydrogen-bond acceptors (Lipinski definition) is 4. The average Bonchev–Trinajstić information content (AvgIpc) is 3.92. The Hall–Kier alpha value is -0.258. The van der Waals surface area contributed by atoms with Crippen LogP contribution in [-0.2, 0) is 15.9 Å². The van der Waals surface area contributed by atoms with Crippen molar-refractivity contribution in [2.24, 2.45) is 0 Å². The van der Waals surface area contributed by atoms with Gasteiger partial charge in [0.1, 0.15) is 0 Å². The molecule has 0 aliphatic heterocycles. The molecule has 0 heterocycles. The normalized spacial score (nSPS) is 19.5. The van der Waals surface area contributed by atoms with E-state index in [4.69, 9.17) is 38.0 Å². The van der Waals surface area contributed by atoms with Crippen molar-refractivity contribution in [2.75, 3.05) is 28.4 Å². The fourth-order valence-corrected chi connectivity index (χ4v) is 17.7. The second-order valence-electron chi connectivity index (χ2n) is 13.0. The Balaban J connectivity index is 0.000000189. The van der Waals surface area contributed by atoms with Crippen LogP contribution in [0.3, 0.4) is 0 Å². The third kappa shape index (κ3) is 9.90. The zero-order chi connectivity index (χ0) is 32.0. The Morgan fingerprint density at radius 3 is 0.844 bits per heavy atom. The molecule has 256 valence electrons. The van der Waals surface area contributed by atoms with Crippen molar-refractivity contribution in [3.63, 3.8) is 0 Å². The van der Waals surface area contributed by atoms with E-state index in [-0.39, 0.29) is 15.9 Å². The second kappa shape index (κ2) is 20.3. The van der Waals surface area contributed by atoms with E-state index in [1.165, 1.54) is 113 Å². The van der Waals surface area contributed by atoms with Gasteiger partial charge < -0.3 is 18.9 Å². The molecule has 4 aliphatic carbocycles. The molecular formula is C36H56Cl2O4P2Pd+2. The second-order valence-corrected chi connectivity index (χ2v) is 21.4. The van der Waals surface area contributed by atoms with E-state index in [0.717, 1.165) is 45.6 Å². The fraction of sp³-hybridized carbons (Fsp3) is 0.667. The van der Waals surface area contributed by atoms with Crippen LogP contribution >= 0.6 is 34.9 Å². The Kier molecular flexibility index (Phi) is 16.9. The van der Waals surface area contributed by atoms with Gasteiger partial charge in [-0.05, 0) is 127 Å². The standard InChI is InChI=1S/2C18H27O2P.2ClH.Pd/c2*1-19-16-12-7-13-17(20-2)18(16)21(14-8-3-4-9-14)15-10-5-6-11-15;;;/h2*7,12-15H,3-6,8-11H2,1-2H3;2*1H;/q;;;;+2. The minimum absolute atomic E-state index is 0.106. The van der Waals surface area contributed by atoms with Crippen molar-refractivity contribution in [3.05, 3.63) is 36.4 Å². The molecular weight excluding hydrogens is 736 g/mol. The van der Waals surface area contributed by atoms with Crippen molar-refractivity contribution >= 4 is 45.5 Å². The van der Waals surface area contributed by atoms with Gasteiger partial charge in [0.05, 0.1) is 51.1 Å². The van der Waals surface area contributed by atoms with Crippen LogP contribution in [0.15, 0.2) is 36.4 Å². The Bertz CT molecular complexity index is 970. The zero-order valence-corrected chi connectivity index (χ0v) is 32.9. The summed E-state index contributed by atoms with van der Waals surface area (Å²) < 4.78 is 22.9. The molecule has 0 spiro atoms. The molecule has 4 nitrogen and oxygen atoms in total. The molecule has 4 saturated carbocycles. The SMILES string of the molecule is COc1cccc(OC)c1[PH+](C1CCCC1)C1CCCC1.COc1cccc(OC)c1[PH+](C1CCCC1)C1CCCC1.[Cl][Pd][Cl]. The van der Waals surface area contributed by atoms with Gasteiger partial charge in [0.2, 0.25) is 0 Å². The van der Waals surface area contributed by atoms with Crippen LogP contribution in [0, 0.1) is 0 Å². The molecule has 0 bridgehead atoms. The van der Waals surface area contributed by atoms with Crippen molar-refractivity contribution < 1.29 is 34.9 Å². The predicted molar refractivity (Wildman–Crippen MR) is 196 cm³/mol. The van der Waals surface area contributed by atoms with E-state index in [2.05, 4.69) is 36.4 Å². The summed E-state index contributed by atoms with van der Waals surface area (Å²) in [5.41, 5.74) is 3.68. The number of halogens is 2. The van der Waals surface area contributed by atoms with Gasteiger partial charge in [-0.2, -0.15) is 0 Å². The molecule has 2 aromatic rings. The van der Waals surface area contributed by atoms with Gasteiger partial charge in [-0.25, -0.2) is 0 Å². The van der Waals surface area contributed by atoms with Crippen LogP contribution in [0.4, 0.5) is 0 Å². The molecule has 45 heavy (non-hydrogen) atoms. The zero-order valence-electron chi connectivity index (χ0n) is 27.8. The van der Waals surface area contributed by atoms with Crippen LogP contribution in [0.25, 0.3) is 0 Å². The molecule has 0 aromatic heterocycles. The topological polar surface area (TPSA) is 36.9 Å². The summed E-state index contributed by atoms with van der Waals surface area (Å²) in [4.78, 5) is 0. The van der Waals surface area contributed by atoms with Crippen molar-refractivity contribution in [3.8, 4) is 23.0 Å². The molecule has 9 heteroatoms. The summed E-state index contributed by atoms with van der Waals surface area (Å²) in [5, 5.41) is 2.90. The molecule has 2 aromatic carbocycles. The molecule has 0 amide bonds. The van der Waals surface area contributed by atoms with E-state index in [1.807, 2.05) is 0 Å². The third-order valence-electron chi connectivity index (χ3n) is 10.6. The van der Waals surface area contributed by atoms with Crippen LogP contribution in [0.1, 0.15) is 103 Å². The van der Waals surface area contributed by atoms with E-state index >= 15 is 0 Å². The van der Waals surface area contributed by atoms with Gasteiger partial charge in [0, 0.05) is 15.8 Å². The van der Waals surface area contributed by atoms with Gasteiger partial charge >= 0.3 is 35.0 Å². The number of ether oxygens (including phenoxy) is 4. The first kappa shape index (κ1) is 37.6. The maximum atomic E-state index is 5.73. The molecule has 0 unspecified atom stereocenters. The first-order chi connectivity index (χ1) is 22.1. The molecule has 4 fully saturated rings. The summed E-state index contributed by atoms with van der Waals surface area (Å²) >= 11 is -0.106. The van der Waals surface area contributed by atoms with E-state index in [9.17, 15) is 0 Å².